The van der Waals surface area contributed by atoms with E-state index in [-0.39, 0.29) is 5.91 Å². The van der Waals surface area contributed by atoms with Crippen molar-refractivity contribution < 1.29 is 9.21 Å². The average molecular weight is 289 g/mol. The van der Waals surface area contributed by atoms with Crippen LogP contribution in [0.15, 0.2) is 47.5 Å². The number of carbonyl (C=O) groups is 1. The van der Waals surface area contributed by atoms with Crippen LogP contribution in [0.5, 0.6) is 0 Å². The van der Waals surface area contributed by atoms with Gasteiger partial charge in [0.1, 0.15) is 6.26 Å². The summed E-state index contributed by atoms with van der Waals surface area (Å²) in [6.07, 6.45) is 6.82. The van der Waals surface area contributed by atoms with Crippen molar-refractivity contribution >= 4 is 23.1 Å². The van der Waals surface area contributed by atoms with Gasteiger partial charge in [-0.3, -0.25) is 9.78 Å². The lowest BCUT2D eigenvalue weighted by Gasteiger charge is -2.21. The number of amides is 1. The van der Waals surface area contributed by atoms with Gasteiger partial charge in [-0.2, -0.15) is 0 Å². The third kappa shape index (κ3) is 3.89. The first-order valence-corrected chi connectivity index (χ1v) is 6.56. The van der Waals surface area contributed by atoms with Gasteiger partial charge in [-0.1, -0.05) is 18.3 Å². The molecule has 20 heavy (non-hydrogen) atoms. The monoisotopic (exact) mass is 289 g/mol. The summed E-state index contributed by atoms with van der Waals surface area (Å²) in [6, 6.07) is 5.40. The molecule has 0 fully saturated rings. The van der Waals surface area contributed by atoms with Gasteiger partial charge in [0, 0.05) is 31.9 Å². The minimum Gasteiger partial charge on any atom is -0.472 e. The molecule has 0 saturated carbocycles. The lowest BCUT2D eigenvalue weighted by atomic mass is 10.2. The molecule has 2 N–H and O–H groups in total. The Hall–Kier alpha value is -2.21. The van der Waals surface area contributed by atoms with Crippen LogP contribution in [-0.2, 0) is 6.54 Å². The molecular formula is C14H15N3O2S. The molecule has 2 aromatic rings. The predicted molar refractivity (Wildman–Crippen MR) is 79.1 cm³/mol. The van der Waals surface area contributed by atoms with Crippen LogP contribution >= 0.6 is 12.2 Å². The maximum atomic E-state index is 12.4. The molecule has 0 spiro atoms. The van der Waals surface area contributed by atoms with Crippen molar-refractivity contribution in [3.63, 3.8) is 0 Å². The van der Waals surface area contributed by atoms with Gasteiger partial charge in [0.2, 0.25) is 0 Å². The fourth-order valence-electron chi connectivity index (χ4n) is 1.78. The Morgan fingerprint density at radius 2 is 2.30 bits per heavy atom. The Kier molecular flexibility index (Phi) is 4.84. The zero-order chi connectivity index (χ0) is 14.4. The lowest BCUT2D eigenvalue weighted by molar-refractivity contribution is 0.0747. The number of carbonyl (C=O) groups excluding carboxylic acids is 1. The highest BCUT2D eigenvalue weighted by atomic mass is 32.1. The SMILES string of the molecule is NC(=S)CCN(Cc1cccnc1)C(=O)c1ccoc1. The van der Waals surface area contributed by atoms with E-state index in [2.05, 4.69) is 4.98 Å². The van der Waals surface area contributed by atoms with Gasteiger partial charge in [-0.25, -0.2) is 0 Å². The van der Waals surface area contributed by atoms with E-state index in [1.54, 1.807) is 23.4 Å². The second kappa shape index (κ2) is 6.81. The topological polar surface area (TPSA) is 72.4 Å². The maximum Gasteiger partial charge on any atom is 0.257 e. The first-order chi connectivity index (χ1) is 9.66. The van der Waals surface area contributed by atoms with Crippen molar-refractivity contribution in [3.8, 4) is 0 Å². The number of aromatic nitrogens is 1. The molecule has 1 amide bonds. The zero-order valence-electron chi connectivity index (χ0n) is 10.9. The molecule has 2 heterocycles. The molecule has 0 bridgehead atoms. The van der Waals surface area contributed by atoms with E-state index in [4.69, 9.17) is 22.4 Å². The van der Waals surface area contributed by atoms with Crippen molar-refractivity contribution in [2.45, 2.75) is 13.0 Å². The lowest BCUT2D eigenvalue weighted by Crippen LogP contribution is -2.33. The molecule has 5 nitrogen and oxygen atoms in total. The van der Waals surface area contributed by atoms with Gasteiger partial charge in [0.25, 0.3) is 5.91 Å². The quantitative estimate of drug-likeness (QED) is 0.823. The van der Waals surface area contributed by atoms with Crippen LogP contribution in [0.4, 0.5) is 0 Å². The molecule has 0 aromatic carbocycles. The van der Waals surface area contributed by atoms with Crippen molar-refractivity contribution in [2.75, 3.05) is 6.54 Å². The van der Waals surface area contributed by atoms with Gasteiger partial charge in [0.05, 0.1) is 16.8 Å². The molecule has 0 aliphatic rings. The van der Waals surface area contributed by atoms with Gasteiger partial charge in [-0.15, -0.1) is 0 Å². The van der Waals surface area contributed by atoms with E-state index in [9.17, 15) is 4.79 Å². The average Bonchev–Trinajstić information content (AvgIpc) is 2.97. The molecule has 0 unspecified atom stereocenters. The van der Waals surface area contributed by atoms with Crippen LogP contribution in [0, 0.1) is 0 Å². The predicted octanol–water partition coefficient (Wildman–Crippen LogP) is 1.99. The normalized spacial score (nSPS) is 10.2. The third-order valence-corrected chi connectivity index (χ3v) is 2.98. The molecular weight excluding hydrogens is 274 g/mol. The highest BCUT2D eigenvalue weighted by molar-refractivity contribution is 7.80. The smallest absolute Gasteiger partial charge is 0.257 e. The highest BCUT2D eigenvalue weighted by Crippen LogP contribution is 2.10. The van der Waals surface area contributed by atoms with Crippen molar-refractivity contribution in [3.05, 3.63) is 54.2 Å². The number of pyridine rings is 1. The minimum absolute atomic E-state index is 0.112. The Balaban J connectivity index is 2.12. The van der Waals surface area contributed by atoms with E-state index in [1.807, 2.05) is 12.1 Å². The van der Waals surface area contributed by atoms with Crippen LogP contribution in [-0.4, -0.2) is 27.3 Å². The van der Waals surface area contributed by atoms with Crippen LogP contribution in [0.1, 0.15) is 22.3 Å². The Bertz CT molecular complexity index is 569. The van der Waals surface area contributed by atoms with Crippen LogP contribution < -0.4 is 5.73 Å². The second-order valence-corrected chi connectivity index (χ2v) is 4.84. The third-order valence-electron chi connectivity index (χ3n) is 2.78. The summed E-state index contributed by atoms with van der Waals surface area (Å²) in [4.78, 5) is 18.5. The molecule has 0 radical (unpaired) electrons. The molecule has 0 aliphatic carbocycles. The first kappa shape index (κ1) is 14.2. The largest absolute Gasteiger partial charge is 0.472 e. The fraction of sp³-hybridized carbons (Fsp3) is 0.214. The van der Waals surface area contributed by atoms with Gasteiger partial charge < -0.3 is 15.1 Å². The Morgan fingerprint density at radius 1 is 1.45 bits per heavy atom. The summed E-state index contributed by atoms with van der Waals surface area (Å²) < 4.78 is 4.95. The summed E-state index contributed by atoms with van der Waals surface area (Å²) in [7, 11) is 0. The van der Waals surface area contributed by atoms with Crippen LogP contribution in [0.3, 0.4) is 0 Å². The highest BCUT2D eigenvalue weighted by Gasteiger charge is 2.17. The Morgan fingerprint density at radius 3 is 2.90 bits per heavy atom. The van der Waals surface area contributed by atoms with Crippen molar-refractivity contribution in [1.82, 2.24) is 9.88 Å². The van der Waals surface area contributed by atoms with Crippen molar-refractivity contribution in [2.24, 2.45) is 5.73 Å². The number of rotatable bonds is 6. The molecule has 0 atom stereocenters. The van der Waals surface area contributed by atoms with Gasteiger partial charge >= 0.3 is 0 Å². The summed E-state index contributed by atoms with van der Waals surface area (Å²) in [5, 5.41) is 0. The number of nitrogens with zero attached hydrogens (tertiary/aromatic N) is 2. The van der Waals surface area contributed by atoms with E-state index in [1.165, 1.54) is 12.5 Å². The minimum atomic E-state index is -0.112. The number of hydrogen-bond acceptors (Lipinski definition) is 4. The number of nitrogens with two attached hydrogens (primary N) is 1. The van der Waals surface area contributed by atoms with E-state index >= 15 is 0 Å². The molecule has 0 saturated heterocycles. The zero-order valence-corrected chi connectivity index (χ0v) is 11.7. The second-order valence-electron chi connectivity index (χ2n) is 4.32. The summed E-state index contributed by atoms with van der Waals surface area (Å²) in [5.74, 6) is -0.112. The summed E-state index contributed by atoms with van der Waals surface area (Å²) >= 11 is 4.87. The van der Waals surface area contributed by atoms with Crippen LogP contribution in [0.25, 0.3) is 0 Å². The Labute approximate surface area is 122 Å². The molecule has 2 rings (SSSR count). The summed E-state index contributed by atoms with van der Waals surface area (Å²) in [6.45, 7) is 0.925. The molecule has 104 valence electrons. The van der Waals surface area contributed by atoms with E-state index in [0.29, 0.717) is 30.1 Å². The standard InChI is InChI=1S/C14H15N3O2S/c15-13(20)3-6-17(9-11-2-1-5-16-8-11)14(18)12-4-7-19-10-12/h1-2,4-5,7-8,10H,3,6,9H2,(H2,15,20). The van der Waals surface area contributed by atoms with Gasteiger partial charge in [0.15, 0.2) is 0 Å². The summed E-state index contributed by atoms with van der Waals surface area (Å²) in [5.41, 5.74) is 6.98. The maximum absolute atomic E-state index is 12.4. The molecule has 6 heteroatoms. The van der Waals surface area contributed by atoms with E-state index < -0.39 is 0 Å². The van der Waals surface area contributed by atoms with Crippen LogP contribution in [0.2, 0.25) is 0 Å². The first-order valence-electron chi connectivity index (χ1n) is 6.15. The molecule has 0 aliphatic heterocycles. The number of furan rings is 1. The molecule has 2 aromatic heterocycles. The van der Waals surface area contributed by atoms with Gasteiger partial charge in [-0.05, 0) is 17.7 Å². The number of hydrogen-bond donors (Lipinski definition) is 1. The number of thiocarbonyl (C=S) groups is 1. The van der Waals surface area contributed by atoms with E-state index in [0.717, 1.165) is 5.56 Å². The van der Waals surface area contributed by atoms with Crippen molar-refractivity contribution in [1.29, 1.82) is 0 Å². The fourth-order valence-corrected chi connectivity index (χ4v) is 1.87.